The Balaban J connectivity index is 1.40. The highest BCUT2D eigenvalue weighted by atomic mass is 16.4. The number of aliphatic carboxylic acids is 1. The number of H-pyrrole nitrogens is 1. The van der Waals surface area contributed by atoms with Crippen LogP contribution in [-0.2, 0) is 35.5 Å². The fourth-order valence-corrected chi connectivity index (χ4v) is 4.32. The third-order valence-corrected chi connectivity index (χ3v) is 5.93. The standard InChI is InChI=1S/C24H22N4O3/c29-23(10-17-12-25-19-9-5-4-8-18(17)19)28-14-20-21(11-22(28)24(30)31)27(15-26-20)13-16-6-2-1-3-7-16/h1-9,12,15,22,25H,10-11,13-14H2,(H,30,31). The lowest BCUT2D eigenvalue weighted by Gasteiger charge is -2.33. The fraction of sp³-hybridized carbons (Fsp3) is 0.208. The smallest absolute Gasteiger partial charge is 0.326 e. The third kappa shape index (κ3) is 3.59. The van der Waals surface area contributed by atoms with Gasteiger partial charge in [-0.15, -0.1) is 0 Å². The summed E-state index contributed by atoms with van der Waals surface area (Å²) in [5, 5.41) is 10.8. The number of carboxylic acids is 1. The number of carbonyl (C=O) groups is 2. The van der Waals surface area contributed by atoms with Gasteiger partial charge in [-0.1, -0.05) is 48.5 Å². The van der Waals surface area contributed by atoms with Gasteiger partial charge in [0.05, 0.1) is 25.0 Å². The molecule has 1 amide bonds. The summed E-state index contributed by atoms with van der Waals surface area (Å²) in [4.78, 5) is 34.3. The zero-order valence-corrected chi connectivity index (χ0v) is 16.9. The first kappa shape index (κ1) is 19.1. The highest BCUT2D eigenvalue weighted by molar-refractivity contribution is 5.91. The van der Waals surface area contributed by atoms with Gasteiger partial charge in [0.25, 0.3) is 0 Å². The Kier molecular flexibility index (Phi) is 4.78. The second-order valence-electron chi connectivity index (χ2n) is 7.87. The van der Waals surface area contributed by atoms with E-state index in [2.05, 4.69) is 9.97 Å². The molecule has 5 rings (SSSR count). The van der Waals surface area contributed by atoms with Crippen LogP contribution in [0.1, 0.15) is 22.5 Å². The van der Waals surface area contributed by atoms with Crippen LogP contribution in [0, 0.1) is 0 Å². The van der Waals surface area contributed by atoms with Gasteiger partial charge in [0.1, 0.15) is 6.04 Å². The van der Waals surface area contributed by atoms with E-state index in [9.17, 15) is 14.7 Å². The van der Waals surface area contributed by atoms with Gasteiger partial charge in [0, 0.05) is 35.8 Å². The molecule has 2 aromatic heterocycles. The van der Waals surface area contributed by atoms with Crippen molar-refractivity contribution in [2.45, 2.75) is 32.0 Å². The van der Waals surface area contributed by atoms with E-state index in [0.29, 0.717) is 6.54 Å². The lowest BCUT2D eigenvalue weighted by Crippen LogP contribution is -2.49. The number of nitrogens with one attached hydrogen (secondary N) is 1. The summed E-state index contributed by atoms with van der Waals surface area (Å²) in [7, 11) is 0. The summed E-state index contributed by atoms with van der Waals surface area (Å²) in [6.07, 6.45) is 3.96. The Morgan fingerprint density at radius 2 is 1.87 bits per heavy atom. The van der Waals surface area contributed by atoms with E-state index in [0.717, 1.165) is 33.4 Å². The van der Waals surface area contributed by atoms with E-state index >= 15 is 0 Å². The Hall–Kier alpha value is -3.87. The Morgan fingerprint density at radius 3 is 2.68 bits per heavy atom. The van der Waals surface area contributed by atoms with Gasteiger partial charge in [0.15, 0.2) is 0 Å². The second-order valence-corrected chi connectivity index (χ2v) is 7.87. The first-order chi connectivity index (χ1) is 15.1. The first-order valence-corrected chi connectivity index (χ1v) is 10.2. The van der Waals surface area contributed by atoms with E-state index in [1.54, 1.807) is 6.33 Å². The van der Waals surface area contributed by atoms with Crippen molar-refractivity contribution in [2.24, 2.45) is 0 Å². The first-order valence-electron chi connectivity index (χ1n) is 10.2. The molecule has 1 unspecified atom stereocenters. The lowest BCUT2D eigenvalue weighted by molar-refractivity contribution is -0.151. The molecule has 156 valence electrons. The third-order valence-electron chi connectivity index (χ3n) is 5.93. The molecular formula is C24H22N4O3. The van der Waals surface area contributed by atoms with Crippen molar-refractivity contribution in [2.75, 3.05) is 0 Å². The molecule has 0 bridgehead atoms. The zero-order valence-electron chi connectivity index (χ0n) is 16.9. The fourth-order valence-electron chi connectivity index (χ4n) is 4.32. The lowest BCUT2D eigenvalue weighted by atomic mass is 10.0. The number of fused-ring (bicyclic) bond motifs is 2. The number of nitrogens with zero attached hydrogens (tertiary/aromatic N) is 3. The maximum absolute atomic E-state index is 13.1. The molecular weight excluding hydrogens is 392 g/mol. The quantitative estimate of drug-likeness (QED) is 0.525. The number of benzene rings is 2. The van der Waals surface area contributed by atoms with Crippen molar-refractivity contribution in [1.82, 2.24) is 19.4 Å². The molecule has 2 N–H and O–H groups in total. The van der Waals surface area contributed by atoms with Crippen LogP contribution >= 0.6 is 0 Å². The van der Waals surface area contributed by atoms with Crippen molar-refractivity contribution < 1.29 is 14.7 Å². The van der Waals surface area contributed by atoms with Gasteiger partial charge in [-0.25, -0.2) is 9.78 Å². The van der Waals surface area contributed by atoms with E-state index in [1.807, 2.05) is 65.4 Å². The predicted molar refractivity (Wildman–Crippen MR) is 115 cm³/mol. The zero-order chi connectivity index (χ0) is 21.4. The number of aromatic amines is 1. The number of para-hydroxylation sites is 1. The van der Waals surface area contributed by atoms with Crippen LogP contribution < -0.4 is 0 Å². The number of aromatic nitrogens is 3. The minimum atomic E-state index is -0.995. The summed E-state index contributed by atoms with van der Waals surface area (Å²) < 4.78 is 1.99. The molecule has 0 saturated heterocycles. The van der Waals surface area contributed by atoms with Crippen molar-refractivity contribution >= 4 is 22.8 Å². The number of rotatable bonds is 5. The summed E-state index contributed by atoms with van der Waals surface area (Å²) in [6.45, 7) is 0.827. The van der Waals surface area contributed by atoms with Crippen molar-refractivity contribution in [3.8, 4) is 0 Å². The molecule has 0 spiro atoms. The molecule has 7 nitrogen and oxygen atoms in total. The molecule has 1 aliphatic rings. The highest BCUT2D eigenvalue weighted by Gasteiger charge is 2.37. The molecule has 1 atom stereocenters. The SMILES string of the molecule is O=C(O)C1Cc2c(ncn2Cc2ccccc2)CN1C(=O)Cc1c[nH]c2ccccc12. The summed E-state index contributed by atoms with van der Waals surface area (Å²) >= 11 is 0. The number of amides is 1. The van der Waals surface area contributed by atoms with Gasteiger partial charge >= 0.3 is 5.97 Å². The molecule has 7 heteroatoms. The van der Waals surface area contributed by atoms with Crippen LogP contribution in [-0.4, -0.2) is 42.5 Å². The van der Waals surface area contributed by atoms with Crippen LogP contribution in [0.5, 0.6) is 0 Å². The van der Waals surface area contributed by atoms with Crippen LogP contribution in [0.2, 0.25) is 0 Å². The van der Waals surface area contributed by atoms with Gasteiger partial charge in [-0.3, -0.25) is 4.79 Å². The van der Waals surface area contributed by atoms with E-state index in [1.165, 1.54) is 4.90 Å². The molecule has 0 fully saturated rings. The average molecular weight is 414 g/mol. The molecule has 2 aromatic carbocycles. The maximum Gasteiger partial charge on any atom is 0.326 e. The minimum absolute atomic E-state index is 0.147. The number of hydrogen-bond acceptors (Lipinski definition) is 3. The van der Waals surface area contributed by atoms with Crippen LogP contribution in [0.15, 0.2) is 67.1 Å². The van der Waals surface area contributed by atoms with Gasteiger partial charge in [0.2, 0.25) is 5.91 Å². The minimum Gasteiger partial charge on any atom is -0.480 e. The van der Waals surface area contributed by atoms with Gasteiger partial charge in [-0.05, 0) is 17.2 Å². The number of carbonyl (C=O) groups excluding carboxylic acids is 1. The topological polar surface area (TPSA) is 91.2 Å². The maximum atomic E-state index is 13.1. The molecule has 3 heterocycles. The molecule has 1 aliphatic heterocycles. The second kappa shape index (κ2) is 7.75. The Labute approximate surface area is 179 Å². The molecule has 31 heavy (non-hydrogen) atoms. The van der Waals surface area contributed by atoms with Crippen LogP contribution in [0.3, 0.4) is 0 Å². The van der Waals surface area contributed by atoms with E-state index < -0.39 is 12.0 Å². The normalized spacial score (nSPS) is 15.7. The largest absolute Gasteiger partial charge is 0.480 e. The monoisotopic (exact) mass is 414 g/mol. The summed E-state index contributed by atoms with van der Waals surface area (Å²) in [5.74, 6) is -1.20. The summed E-state index contributed by atoms with van der Waals surface area (Å²) in [6, 6.07) is 16.8. The van der Waals surface area contributed by atoms with Crippen molar-refractivity contribution in [3.63, 3.8) is 0 Å². The summed E-state index contributed by atoms with van der Waals surface area (Å²) in [5.41, 5.74) is 4.59. The van der Waals surface area contributed by atoms with Gasteiger partial charge in [-0.2, -0.15) is 0 Å². The van der Waals surface area contributed by atoms with Gasteiger partial charge < -0.3 is 19.6 Å². The molecule has 0 saturated carbocycles. The Morgan fingerprint density at radius 1 is 1.10 bits per heavy atom. The Bertz CT molecular complexity index is 1260. The number of carboxylic acid groups (broad SMARTS) is 1. The van der Waals surface area contributed by atoms with E-state index in [4.69, 9.17) is 0 Å². The predicted octanol–water partition coefficient (Wildman–Crippen LogP) is 2.99. The van der Waals surface area contributed by atoms with Crippen LogP contribution in [0.4, 0.5) is 0 Å². The average Bonchev–Trinajstić information content (AvgIpc) is 3.37. The van der Waals surface area contributed by atoms with Crippen molar-refractivity contribution in [1.29, 1.82) is 0 Å². The number of hydrogen-bond donors (Lipinski definition) is 2. The van der Waals surface area contributed by atoms with Crippen LogP contribution in [0.25, 0.3) is 10.9 Å². The molecule has 4 aromatic rings. The number of imidazole rings is 1. The molecule has 0 radical (unpaired) electrons. The molecule has 0 aliphatic carbocycles. The highest BCUT2D eigenvalue weighted by Crippen LogP contribution is 2.26. The van der Waals surface area contributed by atoms with Crippen molar-refractivity contribution in [3.05, 3.63) is 89.6 Å². The van der Waals surface area contributed by atoms with E-state index in [-0.39, 0.29) is 25.3 Å².